The van der Waals surface area contributed by atoms with Crippen molar-refractivity contribution in [1.82, 2.24) is 0 Å². The van der Waals surface area contributed by atoms with Crippen LogP contribution >= 0.6 is 0 Å². The third-order valence-electron chi connectivity index (χ3n) is 3.29. The van der Waals surface area contributed by atoms with Gasteiger partial charge in [0.15, 0.2) is 0 Å². The Bertz CT molecular complexity index is 218. The molecule has 1 atom stereocenters. The van der Waals surface area contributed by atoms with Crippen molar-refractivity contribution >= 4 is 9.93 Å². The van der Waals surface area contributed by atoms with Gasteiger partial charge >= 0.3 is 0 Å². The second kappa shape index (κ2) is 6.00. The first kappa shape index (κ1) is 15.1. The summed E-state index contributed by atoms with van der Waals surface area (Å²) >= 11 is 0. The summed E-state index contributed by atoms with van der Waals surface area (Å²) in [6.07, 6.45) is 7.08. The average Bonchev–Trinajstić information content (AvgIpc) is 2.10. The molecule has 3 heteroatoms. The van der Waals surface area contributed by atoms with Crippen LogP contribution in [-0.4, -0.2) is 28.3 Å². The Labute approximate surface area is 96.2 Å². The molecule has 0 aromatic rings. The highest BCUT2D eigenvalue weighted by molar-refractivity contribution is 8.02. The van der Waals surface area contributed by atoms with E-state index >= 15 is 0 Å². The first-order valence-electron chi connectivity index (χ1n) is 5.89. The summed E-state index contributed by atoms with van der Waals surface area (Å²) < 4.78 is 17.6. The van der Waals surface area contributed by atoms with Gasteiger partial charge in [0.1, 0.15) is 4.93 Å². The molecule has 0 aliphatic heterocycles. The van der Waals surface area contributed by atoms with Gasteiger partial charge in [0, 0.05) is 6.61 Å². The Morgan fingerprint density at radius 3 is 2.27 bits per heavy atom. The zero-order chi connectivity index (χ0) is 12.1. The standard InChI is InChI=1S/C12H28O2S/c1-7-11(2)9-8-10-14-12(3,4)15(5,6)13/h11,15H,7-10H2,1-6H3/t11-/m0/s1. The van der Waals surface area contributed by atoms with Gasteiger partial charge in [-0.05, 0) is 45.1 Å². The van der Waals surface area contributed by atoms with E-state index in [0.29, 0.717) is 0 Å². The summed E-state index contributed by atoms with van der Waals surface area (Å²) in [6, 6.07) is 0. The van der Waals surface area contributed by atoms with Crippen LogP contribution in [-0.2, 0) is 14.7 Å². The predicted octanol–water partition coefficient (Wildman–Crippen LogP) is 2.84. The average molecular weight is 236 g/mol. The zero-order valence-electron chi connectivity index (χ0n) is 11.2. The van der Waals surface area contributed by atoms with E-state index in [1.165, 1.54) is 12.8 Å². The van der Waals surface area contributed by atoms with Gasteiger partial charge in [-0.1, -0.05) is 30.2 Å². The Hall–Kier alpha value is 0.110. The Balaban J connectivity index is 3.82. The third kappa shape index (κ3) is 5.67. The van der Waals surface area contributed by atoms with Gasteiger partial charge in [-0.2, -0.15) is 0 Å². The van der Waals surface area contributed by atoms with Crippen molar-refractivity contribution < 1.29 is 8.95 Å². The van der Waals surface area contributed by atoms with Gasteiger partial charge in [-0.3, -0.25) is 4.21 Å². The van der Waals surface area contributed by atoms with Crippen LogP contribution in [0.2, 0.25) is 0 Å². The Kier molecular flexibility index (Phi) is 6.04. The van der Waals surface area contributed by atoms with Crippen LogP contribution in [0.1, 0.15) is 47.0 Å². The largest absolute Gasteiger partial charge is 0.364 e. The Morgan fingerprint density at radius 2 is 1.87 bits per heavy atom. The molecule has 0 N–H and O–H groups in total. The molecule has 0 amide bonds. The van der Waals surface area contributed by atoms with Crippen LogP contribution in [0.4, 0.5) is 0 Å². The lowest BCUT2D eigenvalue weighted by molar-refractivity contribution is 0.0427. The number of ether oxygens (including phenoxy) is 1. The van der Waals surface area contributed by atoms with E-state index in [4.69, 9.17) is 4.74 Å². The molecule has 0 saturated carbocycles. The zero-order valence-corrected chi connectivity index (χ0v) is 12.1. The van der Waals surface area contributed by atoms with Gasteiger partial charge in [0.25, 0.3) is 0 Å². The van der Waals surface area contributed by atoms with E-state index < -0.39 is 14.9 Å². The van der Waals surface area contributed by atoms with Crippen molar-refractivity contribution in [3.05, 3.63) is 0 Å². The van der Waals surface area contributed by atoms with Gasteiger partial charge in [0.2, 0.25) is 0 Å². The Morgan fingerprint density at radius 1 is 1.33 bits per heavy atom. The summed E-state index contributed by atoms with van der Waals surface area (Å²) in [7, 11) is -2.16. The second-order valence-electron chi connectivity index (χ2n) is 5.30. The highest BCUT2D eigenvalue weighted by Gasteiger charge is 2.27. The van der Waals surface area contributed by atoms with E-state index in [1.54, 1.807) is 12.5 Å². The van der Waals surface area contributed by atoms with Gasteiger partial charge in [-0.15, -0.1) is 0 Å². The third-order valence-corrected chi connectivity index (χ3v) is 6.01. The summed E-state index contributed by atoms with van der Waals surface area (Å²) in [6.45, 7) is 9.05. The quantitative estimate of drug-likeness (QED) is 0.543. The van der Waals surface area contributed by atoms with Crippen LogP contribution in [0.5, 0.6) is 0 Å². The number of hydrogen-bond donors (Lipinski definition) is 1. The minimum atomic E-state index is -2.16. The SMILES string of the molecule is CC[C@H](C)CCCOC(C)(C)[SH](C)(C)=O. The maximum atomic E-state index is 11.9. The molecule has 0 aliphatic carbocycles. The summed E-state index contributed by atoms with van der Waals surface area (Å²) in [4.78, 5) is -0.470. The van der Waals surface area contributed by atoms with Gasteiger partial charge < -0.3 is 4.74 Å². The van der Waals surface area contributed by atoms with E-state index in [9.17, 15) is 4.21 Å². The first-order valence-corrected chi connectivity index (χ1v) is 8.50. The van der Waals surface area contributed by atoms with E-state index in [0.717, 1.165) is 18.9 Å². The second-order valence-corrected chi connectivity index (χ2v) is 9.08. The van der Waals surface area contributed by atoms with Crippen LogP contribution in [0.15, 0.2) is 0 Å². The molecule has 0 bridgehead atoms. The van der Waals surface area contributed by atoms with Crippen LogP contribution < -0.4 is 0 Å². The van der Waals surface area contributed by atoms with Crippen molar-refractivity contribution in [2.45, 2.75) is 51.9 Å². The van der Waals surface area contributed by atoms with Crippen LogP contribution in [0.3, 0.4) is 0 Å². The van der Waals surface area contributed by atoms with Crippen molar-refractivity contribution in [2.75, 3.05) is 19.1 Å². The topological polar surface area (TPSA) is 26.3 Å². The molecular weight excluding hydrogens is 208 g/mol. The van der Waals surface area contributed by atoms with E-state index in [1.807, 2.05) is 13.8 Å². The minimum absolute atomic E-state index is 0.470. The maximum Gasteiger partial charge on any atom is 0.114 e. The van der Waals surface area contributed by atoms with Crippen molar-refractivity contribution in [3.8, 4) is 0 Å². The van der Waals surface area contributed by atoms with Crippen LogP contribution in [0.25, 0.3) is 0 Å². The molecule has 0 rings (SSSR count). The molecule has 0 fully saturated rings. The molecule has 2 nitrogen and oxygen atoms in total. The molecule has 0 spiro atoms. The molecule has 15 heavy (non-hydrogen) atoms. The lowest BCUT2D eigenvalue weighted by Crippen LogP contribution is -2.39. The first-order chi connectivity index (χ1) is 6.70. The molecule has 0 aliphatic rings. The fourth-order valence-corrected chi connectivity index (χ4v) is 1.52. The summed E-state index contributed by atoms with van der Waals surface area (Å²) in [5, 5.41) is 0. The highest BCUT2D eigenvalue weighted by atomic mass is 32.2. The van der Waals surface area contributed by atoms with Crippen molar-refractivity contribution in [3.63, 3.8) is 0 Å². The minimum Gasteiger partial charge on any atom is -0.364 e. The lowest BCUT2D eigenvalue weighted by Gasteiger charge is -2.33. The molecule has 0 aromatic heterocycles. The van der Waals surface area contributed by atoms with Crippen molar-refractivity contribution in [1.29, 1.82) is 0 Å². The molecule has 0 radical (unpaired) electrons. The summed E-state index contributed by atoms with van der Waals surface area (Å²) in [5.41, 5.74) is 0. The number of hydrogen-bond acceptors (Lipinski definition) is 2. The molecular formula is C12H28O2S. The predicted molar refractivity (Wildman–Crippen MR) is 70.1 cm³/mol. The van der Waals surface area contributed by atoms with Crippen LogP contribution in [0, 0.1) is 5.92 Å². The monoisotopic (exact) mass is 236 g/mol. The number of thiol groups is 1. The molecule has 94 valence electrons. The fraction of sp³-hybridized carbons (Fsp3) is 1.00. The molecule has 0 saturated heterocycles. The highest BCUT2D eigenvalue weighted by Crippen LogP contribution is 2.22. The van der Waals surface area contributed by atoms with E-state index in [2.05, 4.69) is 13.8 Å². The molecule has 0 heterocycles. The lowest BCUT2D eigenvalue weighted by atomic mass is 10.0. The van der Waals surface area contributed by atoms with Crippen molar-refractivity contribution in [2.24, 2.45) is 5.92 Å². The van der Waals surface area contributed by atoms with Gasteiger partial charge in [0.05, 0.1) is 0 Å². The van der Waals surface area contributed by atoms with E-state index in [-0.39, 0.29) is 0 Å². The van der Waals surface area contributed by atoms with Gasteiger partial charge in [-0.25, -0.2) is 0 Å². The number of rotatable bonds is 7. The molecule has 0 aromatic carbocycles. The maximum absolute atomic E-state index is 11.9. The smallest absolute Gasteiger partial charge is 0.114 e. The fourth-order valence-electron chi connectivity index (χ4n) is 1.11. The summed E-state index contributed by atoms with van der Waals surface area (Å²) in [5.74, 6) is 0.770. The molecule has 0 unspecified atom stereocenters. The normalized spacial score (nSPS) is 16.4.